The Morgan fingerprint density at radius 3 is 2.35 bits per heavy atom. The van der Waals surface area contributed by atoms with E-state index >= 15 is 0 Å². The SMILES string of the molecule is CC(C)CC(C(=O)NCCCCNSc1ccc(Cl)cc1Cl)c1cccc(-c2ccccc2)c1. The molecule has 3 nitrogen and oxygen atoms in total. The van der Waals surface area contributed by atoms with Crippen LogP contribution in [0.1, 0.15) is 44.6 Å². The first-order valence-corrected chi connectivity index (χ1v) is 13.3. The minimum Gasteiger partial charge on any atom is -0.356 e. The molecule has 0 radical (unpaired) electrons. The number of benzene rings is 3. The summed E-state index contributed by atoms with van der Waals surface area (Å²) in [4.78, 5) is 14.1. The van der Waals surface area contributed by atoms with Crippen molar-refractivity contribution in [2.24, 2.45) is 5.92 Å². The Labute approximate surface area is 217 Å². The molecule has 0 saturated carbocycles. The zero-order valence-electron chi connectivity index (χ0n) is 19.7. The highest BCUT2D eigenvalue weighted by molar-refractivity contribution is 7.97. The molecule has 0 aliphatic heterocycles. The van der Waals surface area contributed by atoms with E-state index in [9.17, 15) is 4.79 Å². The van der Waals surface area contributed by atoms with E-state index in [1.54, 1.807) is 6.07 Å². The lowest BCUT2D eigenvalue weighted by Gasteiger charge is -2.20. The van der Waals surface area contributed by atoms with Crippen molar-refractivity contribution >= 4 is 41.1 Å². The number of halogens is 2. The lowest BCUT2D eigenvalue weighted by molar-refractivity contribution is -0.122. The Morgan fingerprint density at radius 2 is 1.62 bits per heavy atom. The summed E-state index contributed by atoms with van der Waals surface area (Å²) in [5.74, 6) is 0.385. The van der Waals surface area contributed by atoms with Gasteiger partial charge in [0.05, 0.1) is 10.9 Å². The number of carbonyl (C=O) groups is 1. The van der Waals surface area contributed by atoms with E-state index < -0.39 is 0 Å². The fourth-order valence-corrected chi connectivity index (χ4v) is 4.99. The van der Waals surface area contributed by atoms with Crippen LogP contribution in [0.5, 0.6) is 0 Å². The maximum Gasteiger partial charge on any atom is 0.227 e. The van der Waals surface area contributed by atoms with Crippen LogP contribution >= 0.6 is 35.1 Å². The molecule has 1 amide bonds. The topological polar surface area (TPSA) is 41.1 Å². The molecule has 2 N–H and O–H groups in total. The van der Waals surface area contributed by atoms with E-state index in [2.05, 4.69) is 60.3 Å². The maximum absolute atomic E-state index is 13.1. The number of hydrogen-bond acceptors (Lipinski definition) is 3. The van der Waals surface area contributed by atoms with Gasteiger partial charge in [0.25, 0.3) is 0 Å². The van der Waals surface area contributed by atoms with E-state index in [0.717, 1.165) is 41.8 Å². The zero-order chi connectivity index (χ0) is 24.3. The number of unbranched alkanes of at least 4 members (excludes halogenated alkanes) is 1. The van der Waals surface area contributed by atoms with Gasteiger partial charge in [0, 0.05) is 23.0 Å². The van der Waals surface area contributed by atoms with Gasteiger partial charge in [-0.3, -0.25) is 9.52 Å². The molecular weight excluding hydrogens is 483 g/mol. The second-order valence-electron chi connectivity index (χ2n) is 8.74. The van der Waals surface area contributed by atoms with Crippen LogP contribution in [0.3, 0.4) is 0 Å². The molecule has 3 aromatic carbocycles. The van der Waals surface area contributed by atoms with E-state index in [0.29, 0.717) is 22.5 Å². The summed E-state index contributed by atoms with van der Waals surface area (Å²) in [6.07, 6.45) is 2.69. The Morgan fingerprint density at radius 1 is 0.882 bits per heavy atom. The summed E-state index contributed by atoms with van der Waals surface area (Å²) in [5, 5.41) is 4.44. The molecule has 0 saturated heterocycles. The predicted molar refractivity (Wildman–Crippen MR) is 147 cm³/mol. The van der Waals surface area contributed by atoms with Gasteiger partial charge in [-0.05, 0) is 72.0 Å². The summed E-state index contributed by atoms with van der Waals surface area (Å²) in [5.41, 5.74) is 3.38. The molecule has 180 valence electrons. The molecule has 6 heteroatoms. The van der Waals surface area contributed by atoms with E-state index in [4.69, 9.17) is 23.2 Å². The molecule has 0 fully saturated rings. The van der Waals surface area contributed by atoms with Gasteiger partial charge in [-0.25, -0.2) is 0 Å². The van der Waals surface area contributed by atoms with Crippen LogP contribution in [-0.2, 0) is 4.79 Å². The number of nitrogens with one attached hydrogen (secondary N) is 2. The number of rotatable bonds is 12. The van der Waals surface area contributed by atoms with Gasteiger partial charge >= 0.3 is 0 Å². The van der Waals surface area contributed by atoms with Crippen LogP contribution in [0, 0.1) is 5.92 Å². The quantitative estimate of drug-likeness (QED) is 0.190. The summed E-state index contributed by atoms with van der Waals surface area (Å²) in [6, 6.07) is 24.2. The molecule has 0 spiro atoms. The third-order valence-corrected chi connectivity index (χ3v) is 7.08. The van der Waals surface area contributed by atoms with Gasteiger partial charge in [-0.1, -0.05) is 91.6 Å². The van der Waals surface area contributed by atoms with Gasteiger partial charge in [0.1, 0.15) is 0 Å². The van der Waals surface area contributed by atoms with Gasteiger partial charge in [-0.15, -0.1) is 0 Å². The average molecular weight is 516 g/mol. The Balaban J connectivity index is 1.48. The van der Waals surface area contributed by atoms with Gasteiger partial charge < -0.3 is 5.32 Å². The van der Waals surface area contributed by atoms with Crippen LogP contribution in [0.4, 0.5) is 0 Å². The molecule has 0 aliphatic carbocycles. The van der Waals surface area contributed by atoms with Crippen LogP contribution in [-0.4, -0.2) is 19.0 Å². The third kappa shape index (κ3) is 8.35. The Bertz CT molecular complexity index is 1060. The van der Waals surface area contributed by atoms with E-state index in [1.165, 1.54) is 17.5 Å². The van der Waals surface area contributed by atoms with Crippen molar-refractivity contribution in [3.05, 3.63) is 88.4 Å². The molecule has 34 heavy (non-hydrogen) atoms. The number of carbonyl (C=O) groups excluding carboxylic acids is 1. The molecule has 0 aliphatic rings. The summed E-state index contributed by atoms with van der Waals surface area (Å²) >= 11 is 13.6. The van der Waals surface area contributed by atoms with Crippen molar-refractivity contribution in [2.75, 3.05) is 13.1 Å². The van der Waals surface area contributed by atoms with Crippen molar-refractivity contribution in [3.8, 4) is 11.1 Å². The van der Waals surface area contributed by atoms with Crippen LogP contribution in [0.15, 0.2) is 77.7 Å². The summed E-state index contributed by atoms with van der Waals surface area (Å²) in [6.45, 7) is 5.82. The monoisotopic (exact) mass is 514 g/mol. The highest BCUT2D eigenvalue weighted by Gasteiger charge is 2.22. The minimum absolute atomic E-state index is 0.106. The van der Waals surface area contributed by atoms with Crippen LogP contribution < -0.4 is 10.0 Å². The fourth-order valence-electron chi connectivity index (χ4n) is 3.78. The largest absolute Gasteiger partial charge is 0.356 e. The molecule has 1 atom stereocenters. The lowest BCUT2D eigenvalue weighted by Crippen LogP contribution is -2.31. The Hall–Kier alpha value is -1.98. The average Bonchev–Trinajstić information content (AvgIpc) is 2.83. The van der Waals surface area contributed by atoms with Crippen molar-refractivity contribution < 1.29 is 4.79 Å². The molecule has 3 aromatic rings. The van der Waals surface area contributed by atoms with Gasteiger partial charge in [0.2, 0.25) is 5.91 Å². The van der Waals surface area contributed by atoms with Crippen LogP contribution in [0.25, 0.3) is 11.1 Å². The molecule has 0 aromatic heterocycles. The van der Waals surface area contributed by atoms with E-state index in [-0.39, 0.29) is 11.8 Å². The van der Waals surface area contributed by atoms with Crippen molar-refractivity contribution in [1.82, 2.24) is 10.0 Å². The lowest BCUT2D eigenvalue weighted by atomic mass is 9.88. The molecular formula is C28H32Cl2N2OS. The normalized spacial score (nSPS) is 12.0. The number of hydrogen-bond donors (Lipinski definition) is 2. The number of amides is 1. The fraction of sp³-hybridized carbons (Fsp3) is 0.321. The van der Waals surface area contributed by atoms with Crippen molar-refractivity contribution in [2.45, 2.75) is 43.9 Å². The highest BCUT2D eigenvalue weighted by atomic mass is 35.5. The molecule has 0 bridgehead atoms. The second-order valence-corrected chi connectivity index (χ2v) is 10.5. The highest BCUT2D eigenvalue weighted by Crippen LogP contribution is 2.29. The zero-order valence-corrected chi connectivity index (χ0v) is 22.0. The van der Waals surface area contributed by atoms with Crippen LogP contribution in [0.2, 0.25) is 10.0 Å². The first-order chi connectivity index (χ1) is 16.4. The standard InChI is InChI=1S/C28H32Cl2N2OS/c1-20(2)17-25(23-12-8-11-22(18-23)21-9-4-3-5-10-21)28(33)31-15-6-7-16-32-34-27-14-13-24(29)19-26(27)30/h3-5,8-14,18-20,25,32H,6-7,15-17H2,1-2H3,(H,31,33). The minimum atomic E-state index is -0.149. The van der Waals surface area contributed by atoms with Gasteiger partial charge in [-0.2, -0.15) is 0 Å². The second kappa shape index (κ2) is 13.8. The van der Waals surface area contributed by atoms with E-state index in [1.807, 2.05) is 30.3 Å². The van der Waals surface area contributed by atoms with Crippen molar-refractivity contribution in [1.29, 1.82) is 0 Å². The predicted octanol–water partition coefficient (Wildman–Crippen LogP) is 7.98. The van der Waals surface area contributed by atoms with Gasteiger partial charge in [0.15, 0.2) is 0 Å². The maximum atomic E-state index is 13.1. The first-order valence-electron chi connectivity index (χ1n) is 11.7. The molecule has 1 unspecified atom stereocenters. The third-order valence-electron chi connectivity index (χ3n) is 5.50. The summed E-state index contributed by atoms with van der Waals surface area (Å²) in [7, 11) is 0. The first kappa shape index (κ1) is 26.6. The Kier molecular flexibility index (Phi) is 10.8. The summed E-state index contributed by atoms with van der Waals surface area (Å²) < 4.78 is 3.32. The van der Waals surface area contributed by atoms with Crippen molar-refractivity contribution in [3.63, 3.8) is 0 Å². The smallest absolute Gasteiger partial charge is 0.227 e. The molecule has 0 heterocycles. The molecule has 3 rings (SSSR count).